The third-order valence-electron chi connectivity index (χ3n) is 6.46. The predicted molar refractivity (Wildman–Crippen MR) is 137 cm³/mol. The average Bonchev–Trinajstić information content (AvgIpc) is 3.21. The van der Waals surface area contributed by atoms with Crippen LogP contribution < -0.4 is 14.2 Å². The van der Waals surface area contributed by atoms with Gasteiger partial charge in [-0.05, 0) is 59.8 Å². The van der Waals surface area contributed by atoms with Crippen LogP contribution in [-0.4, -0.2) is 13.7 Å². The van der Waals surface area contributed by atoms with E-state index in [2.05, 4.69) is 76.2 Å². The molecule has 0 fully saturated rings. The number of ether oxygens (including phenoxy) is 1. The van der Waals surface area contributed by atoms with Crippen molar-refractivity contribution >= 4 is 46.0 Å². The van der Waals surface area contributed by atoms with Crippen molar-refractivity contribution < 1.29 is 9.30 Å². The summed E-state index contributed by atoms with van der Waals surface area (Å²) in [5.74, 6) is 0.827. The van der Waals surface area contributed by atoms with Crippen LogP contribution >= 0.6 is 23.4 Å². The van der Waals surface area contributed by atoms with E-state index in [1.54, 1.807) is 7.11 Å². The molecule has 0 spiro atoms. The summed E-state index contributed by atoms with van der Waals surface area (Å²) in [6, 6.07) is 25.5. The van der Waals surface area contributed by atoms with E-state index < -0.39 is 0 Å². The van der Waals surface area contributed by atoms with Gasteiger partial charge in [-0.15, -0.1) is 0 Å². The SMILES string of the molecule is COc1ccc2c(C=C3Sc4cccc5c4N3CCC5)cc(Cl)[n+](Cc3ccccc3)c2c1. The molecule has 2 aliphatic heterocycles. The number of aromatic nitrogens is 1. The maximum atomic E-state index is 6.91. The topological polar surface area (TPSA) is 16.4 Å². The van der Waals surface area contributed by atoms with Crippen LogP contribution in [0.4, 0.5) is 5.69 Å². The van der Waals surface area contributed by atoms with Crippen molar-refractivity contribution in [1.29, 1.82) is 0 Å². The van der Waals surface area contributed by atoms with E-state index in [-0.39, 0.29) is 0 Å². The molecule has 4 aromatic rings. The van der Waals surface area contributed by atoms with Gasteiger partial charge in [-0.3, -0.25) is 0 Å². The molecule has 0 amide bonds. The van der Waals surface area contributed by atoms with E-state index in [9.17, 15) is 0 Å². The summed E-state index contributed by atoms with van der Waals surface area (Å²) >= 11 is 8.77. The van der Waals surface area contributed by atoms with Gasteiger partial charge in [0.1, 0.15) is 5.75 Å². The highest BCUT2D eigenvalue weighted by Gasteiger charge is 2.30. The molecule has 33 heavy (non-hydrogen) atoms. The number of fused-ring (bicyclic) bond motifs is 1. The summed E-state index contributed by atoms with van der Waals surface area (Å²) in [5.41, 5.74) is 6.26. The van der Waals surface area contributed by atoms with Crippen molar-refractivity contribution in [2.24, 2.45) is 0 Å². The van der Waals surface area contributed by atoms with Gasteiger partial charge in [-0.25, -0.2) is 0 Å². The minimum Gasteiger partial charge on any atom is -0.497 e. The van der Waals surface area contributed by atoms with Gasteiger partial charge in [0.15, 0.2) is 6.54 Å². The lowest BCUT2D eigenvalue weighted by atomic mass is 10.0. The quantitative estimate of drug-likeness (QED) is 0.243. The highest BCUT2D eigenvalue weighted by atomic mass is 35.5. The fraction of sp³-hybridized carbons (Fsp3) is 0.179. The lowest BCUT2D eigenvalue weighted by molar-refractivity contribution is -0.660. The predicted octanol–water partition coefficient (Wildman–Crippen LogP) is 6.69. The number of thioether (sulfide) groups is 1. The third-order valence-corrected chi connectivity index (χ3v) is 7.87. The molecule has 0 atom stereocenters. The maximum Gasteiger partial charge on any atom is 0.276 e. The van der Waals surface area contributed by atoms with Crippen molar-refractivity contribution in [2.75, 3.05) is 18.6 Å². The van der Waals surface area contributed by atoms with E-state index in [1.807, 2.05) is 23.9 Å². The van der Waals surface area contributed by atoms with Crippen molar-refractivity contribution in [3.05, 3.63) is 99.7 Å². The van der Waals surface area contributed by atoms with E-state index in [0.717, 1.165) is 35.2 Å². The monoisotopic (exact) mass is 471 g/mol. The van der Waals surface area contributed by atoms with Crippen molar-refractivity contribution in [3.8, 4) is 5.75 Å². The van der Waals surface area contributed by atoms with Gasteiger partial charge in [0.25, 0.3) is 5.15 Å². The van der Waals surface area contributed by atoms with Gasteiger partial charge >= 0.3 is 0 Å². The second-order valence-corrected chi connectivity index (χ2v) is 9.93. The van der Waals surface area contributed by atoms with Crippen molar-refractivity contribution in [3.63, 3.8) is 0 Å². The van der Waals surface area contributed by atoms with Crippen LogP contribution in [0.5, 0.6) is 5.75 Å². The Hall–Kier alpha value is -2.95. The van der Waals surface area contributed by atoms with Crippen LogP contribution in [0.25, 0.3) is 17.0 Å². The van der Waals surface area contributed by atoms with Gasteiger partial charge in [-0.1, -0.05) is 54.2 Å². The van der Waals surface area contributed by atoms with E-state index in [0.29, 0.717) is 11.7 Å². The smallest absolute Gasteiger partial charge is 0.276 e. The van der Waals surface area contributed by atoms with Gasteiger partial charge in [0, 0.05) is 23.1 Å². The summed E-state index contributed by atoms with van der Waals surface area (Å²) in [4.78, 5) is 3.83. The number of halogens is 1. The van der Waals surface area contributed by atoms with Crippen molar-refractivity contribution in [1.82, 2.24) is 0 Å². The molecule has 3 aromatic carbocycles. The number of anilines is 1. The number of methoxy groups -OCH3 is 1. The number of para-hydroxylation sites is 1. The van der Waals surface area contributed by atoms with Crippen molar-refractivity contribution in [2.45, 2.75) is 24.3 Å². The first-order chi connectivity index (χ1) is 16.2. The molecule has 0 radical (unpaired) electrons. The largest absolute Gasteiger partial charge is 0.497 e. The molecule has 3 nitrogen and oxygen atoms in total. The molecule has 5 heteroatoms. The molecule has 0 bridgehead atoms. The van der Waals surface area contributed by atoms with Crippen LogP contribution in [0.15, 0.2) is 82.7 Å². The zero-order valence-electron chi connectivity index (χ0n) is 18.4. The Morgan fingerprint density at radius 3 is 2.79 bits per heavy atom. The molecule has 164 valence electrons. The highest BCUT2D eigenvalue weighted by molar-refractivity contribution is 8.03. The molecule has 2 aliphatic rings. The molecular formula is C28H24ClN2OS+. The van der Waals surface area contributed by atoms with Crippen LogP contribution in [0.3, 0.4) is 0 Å². The highest BCUT2D eigenvalue weighted by Crippen LogP contribution is 2.50. The summed E-state index contributed by atoms with van der Waals surface area (Å²) < 4.78 is 7.71. The van der Waals surface area contributed by atoms with Crippen LogP contribution in [0.1, 0.15) is 23.1 Å². The van der Waals surface area contributed by atoms with Crippen LogP contribution in [0.2, 0.25) is 5.15 Å². The number of rotatable bonds is 4. The second-order valence-electron chi connectivity index (χ2n) is 8.48. The third kappa shape index (κ3) is 3.68. The molecule has 0 N–H and O–H groups in total. The molecule has 1 aromatic heterocycles. The number of pyridine rings is 1. The number of aryl methyl sites for hydroxylation is 1. The Kier molecular flexibility index (Phi) is 5.28. The Morgan fingerprint density at radius 2 is 1.94 bits per heavy atom. The molecule has 0 unspecified atom stereocenters. The minimum atomic E-state index is 0.704. The Morgan fingerprint density at radius 1 is 1.06 bits per heavy atom. The second kappa shape index (κ2) is 8.44. The number of benzene rings is 3. The lowest BCUT2D eigenvalue weighted by Crippen LogP contribution is -2.37. The minimum absolute atomic E-state index is 0.704. The van der Waals surface area contributed by atoms with E-state index in [4.69, 9.17) is 16.3 Å². The summed E-state index contributed by atoms with van der Waals surface area (Å²) in [6.07, 6.45) is 4.64. The average molecular weight is 472 g/mol. The lowest BCUT2D eigenvalue weighted by Gasteiger charge is -2.27. The summed E-state index contributed by atoms with van der Waals surface area (Å²) in [6.45, 7) is 1.76. The molecule has 0 saturated carbocycles. The fourth-order valence-corrected chi connectivity index (χ4v) is 6.33. The van der Waals surface area contributed by atoms with E-state index in [1.165, 1.54) is 33.2 Å². The Labute approximate surface area is 203 Å². The Balaban J connectivity index is 1.49. The number of hydrogen-bond acceptors (Lipinski definition) is 3. The zero-order chi connectivity index (χ0) is 22.4. The summed E-state index contributed by atoms with van der Waals surface area (Å²) in [7, 11) is 1.70. The van der Waals surface area contributed by atoms with Crippen LogP contribution in [-0.2, 0) is 13.0 Å². The fourth-order valence-electron chi connectivity index (χ4n) is 4.88. The zero-order valence-corrected chi connectivity index (χ0v) is 20.0. The normalized spacial score (nSPS) is 15.8. The standard InChI is InChI=1S/C28H24ClN2OS/c1-32-22-12-13-23-21(15-26(29)31(24(23)17-22)18-19-7-3-2-4-8-19)16-27-30-14-6-10-20-9-5-11-25(33-27)28(20)30/h2-5,7-9,11-13,15-17H,6,10,14,18H2,1H3/q+1. The molecule has 6 rings (SSSR count). The molecule has 3 heterocycles. The number of hydrogen-bond donors (Lipinski definition) is 0. The molecule has 0 saturated heterocycles. The van der Waals surface area contributed by atoms with Gasteiger partial charge < -0.3 is 9.64 Å². The molecule has 0 aliphatic carbocycles. The summed E-state index contributed by atoms with van der Waals surface area (Å²) in [5, 5.41) is 3.15. The molecular weight excluding hydrogens is 448 g/mol. The Bertz CT molecular complexity index is 1400. The first-order valence-corrected chi connectivity index (χ1v) is 12.4. The first-order valence-electron chi connectivity index (χ1n) is 11.2. The maximum absolute atomic E-state index is 6.91. The van der Waals surface area contributed by atoms with Gasteiger partial charge in [-0.2, -0.15) is 4.57 Å². The first kappa shape index (κ1) is 20.6. The van der Waals surface area contributed by atoms with E-state index >= 15 is 0 Å². The van der Waals surface area contributed by atoms with Gasteiger partial charge in [0.2, 0.25) is 5.52 Å². The van der Waals surface area contributed by atoms with Gasteiger partial charge in [0.05, 0.1) is 29.3 Å². The number of nitrogens with zero attached hydrogens (tertiary/aromatic N) is 2. The van der Waals surface area contributed by atoms with Crippen LogP contribution in [0, 0.1) is 0 Å².